The lowest BCUT2D eigenvalue weighted by atomic mass is 9.97. The van der Waals surface area contributed by atoms with Crippen LogP contribution in [0.3, 0.4) is 0 Å². The maximum atomic E-state index is 4.08. The Morgan fingerprint density at radius 3 is 1.31 bits per heavy atom. The fourth-order valence-electron chi connectivity index (χ4n) is 2.72. The highest BCUT2D eigenvalue weighted by Gasteiger charge is 2.07. The molecule has 2 heterocycles. The van der Waals surface area contributed by atoms with E-state index in [0.29, 0.717) is 0 Å². The van der Waals surface area contributed by atoms with Gasteiger partial charge in [-0.3, -0.25) is 10.2 Å². The van der Waals surface area contributed by atoms with Crippen molar-refractivity contribution in [1.82, 2.24) is 30.8 Å². The zero-order valence-corrected chi connectivity index (χ0v) is 14.0. The van der Waals surface area contributed by atoms with Gasteiger partial charge in [-0.1, -0.05) is 72.1 Å². The Labute approximate surface area is 150 Å². The van der Waals surface area contributed by atoms with Gasteiger partial charge < -0.3 is 0 Å². The van der Waals surface area contributed by atoms with Gasteiger partial charge in [-0.25, -0.2) is 0 Å². The minimum Gasteiger partial charge on any atom is -0.265 e. The Morgan fingerprint density at radius 2 is 1.00 bits per heavy atom. The van der Waals surface area contributed by atoms with Crippen LogP contribution in [0.15, 0.2) is 74.1 Å². The first-order chi connectivity index (χ1) is 12.7. The second-order valence-electron chi connectivity index (χ2n) is 5.83. The Balaban J connectivity index is 1.54. The van der Waals surface area contributed by atoms with Crippen LogP contribution in [0.1, 0.15) is 22.5 Å². The number of benzene rings is 2. The molecular formula is C20H16N6. The first-order valence-corrected chi connectivity index (χ1v) is 8.05. The molecule has 2 aromatic carbocycles. The van der Waals surface area contributed by atoms with Crippen molar-refractivity contribution in [2.24, 2.45) is 0 Å². The highest BCUT2D eigenvalue weighted by atomic mass is 15.3. The predicted molar refractivity (Wildman–Crippen MR) is 101 cm³/mol. The molecule has 126 valence electrons. The fraction of sp³-hybridized carbons (Fsp3) is 0. The van der Waals surface area contributed by atoms with Gasteiger partial charge in [0.1, 0.15) is 11.4 Å². The van der Waals surface area contributed by atoms with Crippen LogP contribution in [0.5, 0.6) is 0 Å². The number of rotatable bonds is 5. The second-order valence-corrected chi connectivity index (χ2v) is 5.83. The van der Waals surface area contributed by atoms with Gasteiger partial charge in [0.2, 0.25) is 0 Å². The lowest BCUT2D eigenvalue weighted by Crippen LogP contribution is -1.89. The maximum absolute atomic E-state index is 4.08. The zero-order chi connectivity index (χ0) is 17.9. The van der Waals surface area contributed by atoms with E-state index in [1.165, 1.54) is 0 Å². The van der Waals surface area contributed by atoms with Gasteiger partial charge in [0.15, 0.2) is 0 Å². The zero-order valence-electron chi connectivity index (χ0n) is 14.0. The molecule has 0 spiro atoms. The number of hydrogen-bond donors (Lipinski definition) is 2. The van der Waals surface area contributed by atoms with Gasteiger partial charge in [-0.05, 0) is 22.3 Å². The average molecular weight is 340 g/mol. The quantitative estimate of drug-likeness (QED) is 0.580. The van der Waals surface area contributed by atoms with E-state index >= 15 is 0 Å². The molecule has 0 bridgehead atoms. The molecule has 0 atom stereocenters. The Morgan fingerprint density at radius 1 is 0.615 bits per heavy atom. The summed E-state index contributed by atoms with van der Waals surface area (Å²) in [5.74, 6) is 0. The van der Waals surface area contributed by atoms with Gasteiger partial charge >= 0.3 is 0 Å². The molecule has 2 N–H and O–H groups in total. The van der Waals surface area contributed by atoms with E-state index in [1.54, 1.807) is 12.4 Å². The summed E-state index contributed by atoms with van der Waals surface area (Å²) in [6.07, 6.45) is 3.47. The van der Waals surface area contributed by atoms with Gasteiger partial charge in [-0.2, -0.15) is 0 Å². The van der Waals surface area contributed by atoms with Crippen molar-refractivity contribution >= 4 is 11.1 Å². The Hall–Kier alpha value is -3.80. The van der Waals surface area contributed by atoms with E-state index in [2.05, 4.69) is 68.2 Å². The van der Waals surface area contributed by atoms with Crippen LogP contribution in [0.25, 0.3) is 22.3 Å². The second kappa shape index (κ2) is 6.60. The van der Waals surface area contributed by atoms with E-state index in [0.717, 1.165) is 44.8 Å². The molecule has 0 amide bonds. The molecule has 0 aliphatic rings. The highest BCUT2D eigenvalue weighted by Crippen LogP contribution is 2.26. The third-order valence-electron chi connectivity index (χ3n) is 4.25. The van der Waals surface area contributed by atoms with Crippen molar-refractivity contribution in [1.29, 1.82) is 0 Å². The number of aromatic nitrogens is 6. The van der Waals surface area contributed by atoms with Crippen molar-refractivity contribution in [3.8, 4) is 11.1 Å². The van der Waals surface area contributed by atoms with E-state index < -0.39 is 0 Å². The minimum atomic E-state index is 0.744. The van der Waals surface area contributed by atoms with Crippen molar-refractivity contribution in [3.05, 3.63) is 96.6 Å². The summed E-state index contributed by atoms with van der Waals surface area (Å²) in [5.41, 5.74) is 7.44. The summed E-state index contributed by atoms with van der Waals surface area (Å²) < 4.78 is 0. The molecule has 0 saturated carbocycles. The van der Waals surface area contributed by atoms with Crippen LogP contribution in [0, 0.1) is 0 Å². The largest absolute Gasteiger partial charge is 0.265 e. The monoisotopic (exact) mass is 340 g/mol. The summed E-state index contributed by atoms with van der Waals surface area (Å²) in [6.45, 7) is 8.16. The molecule has 0 aliphatic heterocycles. The molecule has 6 heteroatoms. The van der Waals surface area contributed by atoms with Gasteiger partial charge in [-0.15, -0.1) is 10.2 Å². The number of hydrogen-bond acceptors (Lipinski definition) is 4. The molecule has 6 nitrogen and oxygen atoms in total. The molecule has 4 aromatic rings. The van der Waals surface area contributed by atoms with E-state index in [-0.39, 0.29) is 0 Å². The minimum absolute atomic E-state index is 0.744. The normalized spacial score (nSPS) is 10.6. The fourth-order valence-corrected chi connectivity index (χ4v) is 2.72. The molecule has 26 heavy (non-hydrogen) atoms. The third-order valence-corrected chi connectivity index (χ3v) is 4.25. The smallest absolute Gasteiger partial charge is 0.112 e. The van der Waals surface area contributed by atoms with Gasteiger partial charge in [0.25, 0.3) is 0 Å². The van der Waals surface area contributed by atoms with Crippen LogP contribution < -0.4 is 0 Å². The van der Waals surface area contributed by atoms with E-state index in [1.807, 2.05) is 24.3 Å². The summed E-state index contributed by atoms with van der Waals surface area (Å²) in [4.78, 5) is 0. The summed E-state index contributed by atoms with van der Waals surface area (Å²) >= 11 is 0. The van der Waals surface area contributed by atoms with Crippen molar-refractivity contribution in [2.75, 3.05) is 0 Å². The van der Waals surface area contributed by atoms with Crippen molar-refractivity contribution in [2.45, 2.75) is 0 Å². The van der Waals surface area contributed by atoms with E-state index in [9.17, 15) is 0 Å². The molecule has 0 aliphatic carbocycles. The predicted octanol–water partition coefficient (Wildman–Crippen LogP) is 3.71. The van der Waals surface area contributed by atoms with Crippen LogP contribution >= 0.6 is 0 Å². The topological polar surface area (TPSA) is 83.1 Å². The van der Waals surface area contributed by atoms with Crippen molar-refractivity contribution < 1.29 is 0 Å². The molecule has 2 aromatic heterocycles. The van der Waals surface area contributed by atoms with Crippen LogP contribution in [0.4, 0.5) is 0 Å². The Bertz CT molecular complexity index is 939. The molecule has 4 rings (SSSR count). The SMILES string of the molecule is C=C(c1ccc(-c2ccc(C(=C)c3c[nH]nn3)cc2)cc1)c1c[nH]nn1. The average Bonchev–Trinajstić information content (AvgIpc) is 3.41. The summed E-state index contributed by atoms with van der Waals surface area (Å²) in [6, 6.07) is 16.4. The maximum Gasteiger partial charge on any atom is 0.112 e. The third kappa shape index (κ3) is 2.95. The standard InChI is InChI=1S/C20H16N6/c1-13(19-11-21-25-23-19)15-3-7-17(8-4-15)18-9-5-16(6-10-18)14(2)20-12-22-26-24-20/h3-12H,1-2H2,(H,21,23,25)(H,22,24,26). The van der Waals surface area contributed by atoms with Crippen LogP contribution in [-0.2, 0) is 0 Å². The van der Waals surface area contributed by atoms with Gasteiger partial charge in [0.05, 0.1) is 0 Å². The number of nitrogens with one attached hydrogen (secondary N) is 2. The lowest BCUT2D eigenvalue weighted by molar-refractivity contribution is 0.936. The summed E-state index contributed by atoms with van der Waals surface area (Å²) in [5, 5.41) is 20.8. The summed E-state index contributed by atoms with van der Waals surface area (Å²) in [7, 11) is 0. The molecular weight excluding hydrogens is 324 g/mol. The Kier molecular flexibility index (Phi) is 3.99. The van der Waals surface area contributed by atoms with Crippen LogP contribution in [-0.4, -0.2) is 30.8 Å². The lowest BCUT2D eigenvalue weighted by Gasteiger charge is -2.07. The first kappa shape index (κ1) is 15.7. The van der Waals surface area contributed by atoms with Crippen molar-refractivity contribution in [3.63, 3.8) is 0 Å². The van der Waals surface area contributed by atoms with Crippen LogP contribution in [0.2, 0.25) is 0 Å². The number of nitrogens with zero attached hydrogens (tertiary/aromatic N) is 4. The molecule has 0 unspecified atom stereocenters. The molecule has 0 radical (unpaired) electrons. The molecule has 0 saturated heterocycles. The first-order valence-electron chi connectivity index (χ1n) is 8.05. The highest BCUT2D eigenvalue weighted by molar-refractivity contribution is 5.79. The number of H-pyrrole nitrogens is 2. The molecule has 0 fully saturated rings. The van der Waals surface area contributed by atoms with E-state index in [4.69, 9.17) is 0 Å². The number of aromatic amines is 2. The van der Waals surface area contributed by atoms with Gasteiger partial charge in [0, 0.05) is 23.5 Å².